The number of nitrogens with zero attached hydrogens (tertiary/aromatic N) is 2. The first kappa shape index (κ1) is 35.5. The molecule has 0 saturated heterocycles. The molecule has 0 radical (unpaired) electrons. The van der Waals surface area contributed by atoms with Crippen LogP contribution in [0, 0.1) is 6.92 Å². The Hall–Kier alpha value is -3.96. The molecular formula is C33H42ClN3O7S. The molecule has 1 N–H and O–H groups in total. The van der Waals surface area contributed by atoms with E-state index in [1.165, 1.54) is 56.6 Å². The number of rotatable bonds is 13. The highest BCUT2D eigenvalue weighted by Gasteiger charge is 2.36. The van der Waals surface area contributed by atoms with Crippen LogP contribution in [0.15, 0.2) is 65.6 Å². The van der Waals surface area contributed by atoms with E-state index in [9.17, 15) is 18.0 Å². The minimum Gasteiger partial charge on any atom is -0.495 e. The van der Waals surface area contributed by atoms with Crippen molar-refractivity contribution in [3.63, 3.8) is 0 Å². The van der Waals surface area contributed by atoms with E-state index in [-0.39, 0.29) is 39.6 Å². The van der Waals surface area contributed by atoms with Crippen LogP contribution >= 0.6 is 11.6 Å². The van der Waals surface area contributed by atoms with Crippen LogP contribution in [0.3, 0.4) is 0 Å². The molecule has 0 saturated carbocycles. The summed E-state index contributed by atoms with van der Waals surface area (Å²) in [5.74, 6) is -0.246. The van der Waals surface area contributed by atoms with Crippen molar-refractivity contribution in [1.82, 2.24) is 10.2 Å². The Balaban J connectivity index is 2.18. The standard InChI is InChI=1S/C33H42ClN3O7S/c1-9-26(32(39)35-33(3,4)5)36(20-23-12-10-22(2)11-13-23)31(38)21-37(27-18-24(34)14-16-28(27)42-6)45(40,41)25-15-17-29(43-7)30(19-25)44-8/h10-19,26H,9,20-21H2,1-8H3,(H,35,39)/t26-/m0/s1. The normalized spacial score (nSPS) is 12.2. The Labute approximate surface area is 271 Å². The number of nitrogens with one attached hydrogen (secondary N) is 1. The molecule has 2 amide bonds. The van der Waals surface area contributed by atoms with E-state index in [0.29, 0.717) is 12.2 Å². The Bertz CT molecular complexity index is 1610. The Kier molecular flexibility index (Phi) is 11.7. The van der Waals surface area contributed by atoms with E-state index in [2.05, 4.69) is 5.32 Å². The second-order valence-corrected chi connectivity index (χ2v) is 13.8. The minimum absolute atomic E-state index is 0.0515. The molecule has 0 heterocycles. The zero-order chi connectivity index (χ0) is 33.5. The van der Waals surface area contributed by atoms with Crippen LogP contribution in [-0.4, -0.2) is 64.6 Å². The smallest absolute Gasteiger partial charge is 0.265 e. The zero-order valence-electron chi connectivity index (χ0n) is 27.0. The summed E-state index contributed by atoms with van der Waals surface area (Å²) in [5, 5.41) is 3.20. The van der Waals surface area contributed by atoms with E-state index in [4.69, 9.17) is 25.8 Å². The number of amides is 2. The lowest BCUT2D eigenvalue weighted by molar-refractivity contribution is -0.141. The fraction of sp³-hybridized carbons (Fsp3) is 0.394. The van der Waals surface area contributed by atoms with E-state index in [1.54, 1.807) is 13.0 Å². The van der Waals surface area contributed by atoms with Crippen LogP contribution in [0.4, 0.5) is 5.69 Å². The molecule has 3 rings (SSSR count). The fourth-order valence-electron chi connectivity index (χ4n) is 4.74. The Morgan fingerprint density at radius 2 is 1.49 bits per heavy atom. The summed E-state index contributed by atoms with van der Waals surface area (Å²) in [6.07, 6.45) is 0.294. The molecule has 0 aliphatic heterocycles. The first-order valence-electron chi connectivity index (χ1n) is 14.4. The van der Waals surface area contributed by atoms with E-state index in [1.807, 2.05) is 52.0 Å². The molecule has 0 fully saturated rings. The summed E-state index contributed by atoms with van der Waals surface area (Å²) in [7, 11) is -0.210. The maximum Gasteiger partial charge on any atom is 0.265 e. The molecule has 0 aliphatic carbocycles. The highest BCUT2D eigenvalue weighted by atomic mass is 35.5. The van der Waals surface area contributed by atoms with E-state index >= 15 is 0 Å². The average Bonchev–Trinajstić information content (AvgIpc) is 2.99. The van der Waals surface area contributed by atoms with Crippen LogP contribution in [0.2, 0.25) is 5.02 Å². The van der Waals surface area contributed by atoms with Gasteiger partial charge in [-0.25, -0.2) is 8.42 Å². The maximum absolute atomic E-state index is 14.4. The van der Waals surface area contributed by atoms with Crippen molar-refractivity contribution in [2.45, 2.75) is 64.1 Å². The average molecular weight is 660 g/mol. The minimum atomic E-state index is -4.44. The van der Waals surface area contributed by atoms with Gasteiger partial charge in [0.2, 0.25) is 11.8 Å². The van der Waals surface area contributed by atoms with Crippen LogP contribution in [0.5, 0.6) is 17.2 Å². The summed E-state index contributed by atoms with van der Waals surface area (Å²) in [6, 6.07) is 15.3. The van der Waals surface area contributed by atoms with Crippen molar-refractivity contribution in [2.24, 2.45) is 0 Å². The molecule has 0 bridgehead atoms. The van der Waals surface area contributed by atoms with Gasteiger partial charge in [0, 0.05) is 23.2 Å². The summed E-state index contributed by atoms with van der Waals surface area (Å²) >= 11 is 6.33. The highest BCUT2D eigenvalue weighted by molar-refractivity contribution is 7.92. The van der Waals surface area contributed by atoms with Crippen molar-refractivity contribution in [1.29, 1.82) is 0 Å². The molecule has 3 aromatic rings. The number of ether oxygens (including phenoxy) is 3. The number of carbonyl (C=O) groups is 2. The van der Waals surface area contributed by atoms with Gasteiger partial charge in [0.15, 0.2) is 11.5 Å². The number of halogens is 1. The number of carbonyl (C=O) groups excluding carboxylic acids is 2. The van der Waals surface area contributed by atoms with E-state index in [0.717, 1.165) is 15.4 Å². The quantitative estimate of drug-likeness (QED) is 0.254. The van der Waals surface area contributed by atoms with Crippen LogP contribution in [-0.2, 0) is 26.2 Å². The molecule has 0 spiro atoms. The molecule has 0 unspecified atom stereocenters. The van der Waals surface area contributed by atoms with Gasteiger partial charge in [-0.3, -0.25) is 13.9 Å². The van der Waals surface area contributed by atoms with Gasteiger partial charge >= 0.3 is 0 Å². The molecule has 12 heteroatoms. The first-order valence-corrected chi connectivity index (χ1v) is 16.2. The molecule has 0 aromatic heterocycles. The van der Waals surface area contributed by atoms with Crippen LogP contribution in [0.25, 0.3) is 0 Å². The maximum atomic E-state index is 14.4. The molecule has 1 atom stereocenters. The molecule has 244 valence electrons. The number of hydrogen-bond donors (Lipinski definition) is 1. The van der Waals surface area contributed by atoms with Gasteiger partial charge in [-0.1, -0.05) is 48.4 Å². The number of benzene rings is 3. The third kappa shape index (κ3) is 8.82. The Morgan fingerprint density at radius 3 is 2.04 bits per heavy atom. The third-order valence-electron chi connectivity index (χ3n) is 6.99. The topological polar surface area (TPSA) is 114 Å². The monoisotopic (exact) mass is 659 g/mol. The van der Waals surface area contributed by atoms with Crippen LogP contribution < -0.4 is 23.8 Å². The van der Waals surface area contributed by atoms with Crippen LogP contribution in [0.1, 0.15) is 45.2 Å². The van der Waals surface area contributed by atoms with Crippen molar-refractivity contribution in [3.8, 4) is 17.2 Å². The van der Waals surface area contributed by atoms with Crippen molar-refractivity contribution < 1.29 is 32.2 Å². The Morgan fingerprint density at radius 1 is 0.889 bits per heavy atom. The van der Waals surface area contributed by atoms with Gasteiger partial charge < -0.3 is 24.4 Å². The summed E-state index contributed by atoms with van der Waals surface area (Å²) < 4.78 is 45.8. The summed E-state index contributed by atoms with van der Waals surface area (Å²) in [5.41, 5.74) is 1.32. The summed E-state index contributed by atoms with van der Waals surface area (Å²) in [4.78, 5) is 29.2. The highest BCUT2D eigenvalue weighted by Crippen LogP contribution is 2.37. The predicted molar refractivity (Wildman–Crippen MR) is 176 cm³/mol. The lowest BCUT2D eigenvalue weighted by Gasteiger charge is -2.35. The predicted octanol–water partition coefficient (Wildman–Crippen LogP) is 5.59. The van der Waals surface area contributed by atoms with Gasteiger partial charge in [0.05, 0.1) is 31.9 Å². The zero-order valence-corrected chi connectivity index (χ0v) is 28.6. The second-order valence-electron chi connectivity index (χ2n) is 11.5. The van der Waals surface area contributed by atoms with Gasteiger partial charge in [0.1, 0.15) is 18.3 Å². The number of anilines is 1. The molecule has 45 heavy (non-hydrogen) atoms. The van der Waals surface area contributed by atoms with Gasteiger partial charge in [-0.15, -0.1) is 0 Å². The largest absolute Gasteiger partial charge is 0.495 e. The van der Waals surface area contributed by atoms with Gasteiger partial charge in [-0.2, -0.15) is 0 Å². The number of aryl methyl sites for hydroxylation is 1. The fourth-order valence-corrected chi connectivity index (χ4v) is 6.34. The molecule has 10 nitrogen and oxygen atoms in total. The van der Waals surface area contributed by atoms with Crippen molar-refractivity contribution >= 4 is 39.1 Å². The lowest BCUT2D eigenvalue weighted by Crippen LogP contribution is -2.55. The summed E-state index contributed by atoms with van der Waals surface area (Å²) in [6.45, 7) is 8.74. The molecule has 0 aliphatic rings. The first-order chi connectivity index (χ1) is 21.1. The molecule has 3 aromatic carbocycles. The van der Waals surface area contributed by atoms with Gasteiger partial charge in [0.25, 0.3) is 10.0 Å². The molecular weight excluding hydrogens is 618 g/mol. The number of sulfonamides is 1. The third-order valence-corrected chi connectivity index (χ3v) is 8.98. The lowest BCUT2D eigenvalue weighted by atomic mass is 10.1. The van der Waals surface area contributed by atoms with Gasteiger partial charge in [-0.05, 0) is 70.0 Å². The van der Waals surface area contributed by atoms with E-state index < -0.39 is 34.1 Å². The van der Waals surface area contributed by atoms with Crippen molar-refractivity contribution in [2.75, 3.05) is 32.2 Å². The second kappa shape index (κ2) is 14.9. The van der Waals surface area contributed by atoms with Crippen molar-refractivity contribution in [3.05, 3.63) is 76.8 Å². The SMILES string of the molecule is CC[C@@H](C(=O)NC(C)(C)C)N(Cc1ccc(C)cc1)C(=O)CN(c1cc(Cl)ccc1OC)S(=O)(=O)c1ccc(OC)c(OC)c1. The number of methoxy groups -OCH3 is 3. The number of hydrogen-bond acceptors (Lipinski definition) is 7.